The lowest BCUT2D eigenvalue weighted by atomic mass is 9.89. The third-order valence-corrected chi connectivity index (χ3v) is 3.91. The van der Waals surface area contributed by atoms with Crippen LogP contribution in [-0.4, -0.2) is 16.1 Å². The Bertz CT molecular complexity index is 764. The summed E-state index contributed by atoms with van der Waals surface area (Å²) in [6.45, 7) is 3.57. The van der Waals surface area contributed by atoms with Gasteiger partial charge in [-0.2, -0.15) is 0 Å². The minimum Gasteiger partial charge on any atom is -0.347 e. The molecule has 3 heteroatoms. The van der Waals surface area contributed by atoms with Crippen molar-refractivity contribution < 1.29 is 9.59 Å². The molecule has 0 saturated heterocycles. The van der Waals surface area contributed by atoms with Gasteiger partial charge in [-0.25, -0.2) is 0 Å². The second-order valence-corrected chi connectivity index (χ2v) is 5.13. The molecule has 20 heavy (non-hydrogen) atoms. The third-order valence-electron chi connectivity index (χ3n) is 3.91. The number of hydrogen-bond donors (Lipinski definition) is 0. The van der Waals surface area contributed by atoms with Crippen molar-refractivity contribution in [1.82, 2.24) is 4.57 Å². The number of ketones is 2. The molecular formula is C17H15NO2. The number of hydrogen-bond acceptors (Lipinski definition) is 2. The zero-order valence-electron chi connectivity index (χ0n) is 11.7. The molecule has 3 nitrogen and oxygen atoms in total. The van der Waals surface area contributed by atoms with Gasteiger partial charge < -0.3 is 4.57 Å². The predicted octanol–water partition coefficient (Wildman–Crippen LogP) is 3.33. The first-order chi connectivity index (χ1) is 9.52. The molecule has 1 heterocycles. The first kappa shape index (κ1) is 12.6. The van der Waals surface area contributed by atoms with Gasteiger partial charge in [0, 0.05) is 18.3 Å². The molecule has 100 valence electrons. The minimum atomic E-state index is -0.0765. The summed E-state index contributed by atoms with van der Waals surface area (Å²) in [6, 6.07) is 9.72. The van der Waals surface area contributed by atoms with E-state index in [2.05, 4.69) is 0 Å². The van der Waals surface area contributed by atoms with Gasteiger partial charge in [-0.3, -0.25) is 9.59 Å². The van der Waals surface area contributed by atoms with Crippen LogP contribution < -0.4 is 0 Å². The molecule has 0 bridgehead atoms. The van der Waals surface area contributed by atoms with E-state index in [4.69, 9.17) is 0 Å². The van der Waals surface area contributed by atoms with Crippen LogP contribution in [0.15, 0.2) is 42.0 Å². The summed E-state index contributed by atoms with van der Waals surface area (Å²) in [4.78, 5) is 24.7. The largest absolute Gasteiger partial charge is 0.347 e. The second-order valence-electron chi connectivity index (χ2n) is 5.13. The number of benzene rings is 1. The lowest BCUT2D eigenvalue weighted by Gasteiger charge is -2.11. The number of nitrogens with zero attached hydrogens (tertiary/aromatic N) is 1. The SMILES string of the molecule is CC1=CC(=O)c2c(c(-c3ccccc3)n(C)c2C)C1=O. The van der Waals surface area contributed by atoms with Gasteiger partial charge in [-0.1, -0.05) is 30.3 Å². The van der Waals surface area contributed by atoms with Crippen molar-refractivity contribution in [3.05, 3.63) is 58.8 Å². The minimum absolute atomic E-state index is 0.0536. The number of rotatable bonds is 1. The van der Waals surface area contributed by atoms with Crippen LogP contribution in [0.1, 0.15) is 33.3 Å². The quantitative estimate of drug-likeness (QED) is 0.793. The maximum absolute atomic E-state index is 12.5. The standard InChI is InChI=1S/C17H15NO2/c1-10-9-13(19)14-11(2)18(3)16(15(14)17(10)20)12-7-5-4-6-8-12/h4-9H,1-3H3. The van der Waals surface area contributed by atoms with E-state index in [0.29, 0.717) is 16.7 Å². The van der Waals surface area contributed by atoms with E-state index >= 15 is 0 Å². The normalized spacial score (nSPS) is 14.2. The number of allylic oxidation sites excluding steroid dienone is 2. The van der Waals surface area contributed by atoms with E-state index < -0.39 is 0 Å². The molecule has 0 spiro atoms. The van der Waals surface area contributed by atoms with E-state index in [1.807, 2.05) is 48.9 Å². The van der Waals surface area contributed by atoms with Crippen molar-refractivity contribution in [3.8, 4) is 11.3 Å². The summed E-state index contributed by atoms with van der Waals surface area (Å²) < 4.78 is 1.93. The summed E-state index contributed by atoms with van der Waals surface area (Å²) in [5.74, 6) is -0.130. The van der Waals surface area contributed by atoms with Gasteiger partial charge in [0.25, 0.3) is 0 Å². The topological polar surface area (TPSA) is 39.1 Å². The van der Waals surface area contributed by atoms with Crippen molar-refractivity contribution >= 4 is 11.6 Å². The second kappa shape index (κ2) is 4.30. The number of carbonyl (C=O) groups excluding carboxylic acids is 2. The molecule has 3 rings (SSSR count). The van der Waals surface area contributed by atoms with Gasteiger partial charge >= 0.3 is 0 Å². The number of Topliss-reactive ketones (excluding diaryl/α,β-unsaturated/α-hetero) is 1. The van der Waals surface area contributed by atoms with E-state index in [-0.39, 0.29) is 11.6 Å². The maximum atomic E-state index is 12.5. The maximum Gasteiger partial charge on any atom is 0.191 e. The van der Waals surface area contributed by atoms with Gasteiger partial charge in [0.1, 0.15) is 0 Å². The number of fused-ring (bicyclic) bond motifs is 1. The summed E-state index contributed by atoms with van der Waals surface area (Å²) in [7, 11) is 1.89. The first-order valence-electron chi connectivity index (χ1n) is 6.54. The Morgan fingerprint density at radius 1 is 0.950 bits per heavy atom. The van der Waals surface area contributed by atoms with Crippen molar-refractivity contribution in [3.63, 3.8) is 0 Å². The van der Waals surface area contributed by atoms with Gasteiger partial charge in [0.15, 0.2) is 11.6 Å². The molecule has 0 radical (unpaired) electrons. The molecule has 0 aliphatic heterocycles. The summed E-state index contributed by atoms with van der Waals surface area (Å²) in [6.07, 6.45) is 1.44. The summed E-state index contributed by atoms with van der Waals surface area (Å²) >= 11 is 0. The highest BCUT2D eigenvalue weighted by Crippen LogP contribution is 2.35. The Labute approximate surface area is 117 Å². The molecular weight excluding hydrogens is 250 g/mol. The average Bonchev–Trinajstić information content (AvgIpc) is 2.70. The fourth-order valence-corrected chi connectivity index (χ4v) is 2.79. The summed E-state index contributed by atoms with van der Waals surface area (Å²) in [5, 5.41) is 0. The van der Waals surface area contributed by atoms with Crippen molar-refractivity contribution in [2.24, 2.45) is 7.05 Å². The van der Waals surface area contributed by atoms with Gasteiger partial charge in [-0.05, 0) is 25.5 Å². The van der Waals surface area contributed by atoms with E-state index in [0.717, 1.165) is 17.0 Å². The third kappa shape index (κ3) is 1.59. The lowest BCUT2D eigenvalue weighted by Crippen LogP contribution is -2.14. The molecule has 0 atom stereocenters. The van der Waals surface area contributed by atoms with Crippen molar-refractivity contribution in [1.29, 1.82) is 0 Å². The highest BCUT2D eigenvalue weighted by Gasteiger charge is 2.32. The Kier molecular flexibility index (Phi) is 2.71. The zero-order chi connectivity index (χ0) is 14.4. The average molecular weight is 265 g/mol. The fourth-order valence-electron chi connectivity index (χ4n) is 2.79. The van der Waals surface area contributed by atoms with Crippen LogP contribution in [0.4, 0.5) is 0 Å². The molecule has 1 aliphatic rings. The lowest BCUT2D eigenvalue weighted by molar-refractivity contribution is 0.0985. The molecule has 0 unspecified atom stereocenters. The smallest absolute Gasteiger partial charge is 0.191 e. The highest BCUT2D eigenvalue weighted by molar-refractivity contribution is 6.27. The van der Waals surface area contributed by atoms with Crippen LogP contribution in [0.2, 0.25) is 0 Å². The molecule has 1 aromatic carbocycles. The van der Waals surface area contributed by atoms with Crippen LogP contribution in [0.3, 0.4) is 0 Å². The molecule has 2 aromatic rings. The van der Waals surface area contributed by atoms with Gasteiger partial charge in [0.2, 0.25) is 0 Å². The van der Waals surface area contributed by atoms with Crippen LogP contribution in [0.25, 0.3) is 11.3 Å². The fraction of sp³-hybridized carbons (Fsp3) is 0.176. The molecule has 1 aliphatic carbocycles. The van der Waals surface area contributed by atoms with Crippen molar-refractivity contribution in [2.75, 3.05) is 0 Å². The van der Waals surface area contributed by atoms with E-state index in [1.165, 1.54) is 6.08 Å². The highest BCUT2D eigenvalue weighted by atomic mass is 16.1. The zero-order valence-corrected chi connectivity index (χ0v) is 11.7. The van der Waals surface area contributed by atoms with Crippen LogP contribution in [-0.2, 0) is 7.05 Å². The van der Waals surface area contributed by atoms with Gasteiger partial charge in [0.05, 0.1) is 16.8 Å². The van der Waals surface area contributed by atoms with Crippen LogP contribution >= 0.6 is 0 Å². The van der Waals surface area contributed by atoms with E-state index in [9.17, 15) is 9.59 Å². The van der Waals surface area contributed by atoms with Crippen LogP contribution in [0.5, 0.6) is 0 Å². The summed E-state index contributed by atoms with van der Waals surface area (Å²) in [5.41, 5.74) is 4.20. The molecule has 1 aromatic heterocycles. The van der Waals surface area contributed by atoms with Crippen LogP contribution in [0, 0.1) is 6.92 Å². The Balaban J connectivity index is 2.38. The first-order valence-corrected chi connectivity index (χ1v) is 6.54. The Morgan fingerprint density at radius 2 is 1.60 bits per heavy atom. The predicted molar refractivity (Wildman–Crippen MR) is 78.0 cm³/mol. The molecule has 0 N–H and O–H groups in total. The number of aromatic nitrogens is 1. The number of carbonyl (C=O) groups is 2. The molecule has 0 saturated carbocycles. The molecule has 0 fully saturated rings. The Hall–Kier alpha value is -2.42. The van der Waals surface area contributed by atoms with Gasteiger partial charge in [-0.15, -0.1) is 0 Å². The molecule has 0 amide bonds. The monoisotopic (exact) mass is 265 g/mol. The van der Waals surface area contributed by atoms with E-state index in [1.54, 1.807) is 6.92 Å². The van der Waals surface area contributed by atoms with Crippen molar-refractivity contribution in [2.45, 2.75) is 13.8 Å². The Morgan fingerprint density at radius 3 is 2.25 bits per heavy atom.